The highest BCUT2D eigenvalue weighted by Gasteiger charge is 2.13. The number of aromatic nitrogens is 4. The molecule has 25 heavy (non-hydrogen) atoms. The number of imidazole rings is 1. The molecule has 130 valence electrons. The minimum Gasteiger partial charge on any atom is -0.325 e. The highest BCUT2D eigenvalue weighted by Crippen LogP contribution is 2.21. The summed E-state index contributed by atoms with van der Waals surface area (Å²) in [5.74, 6) is 0.520. The van der Waals surface area contributed by atoms with Gasteiger partial charge in [0.05, 0.1) is 12.1 Å². The fourth-order valence-electron chi connectivity index (χ4n) is 2.40. The maximum Gasteiger partial charge on any atom is 0.278 e. The molecule has 3 rings (SSSR count). The molecule has 1 amide bonds. The van der Waals surface area contributed by atoms with Gasteiger partial charge in [-0.3, -0.25) is 9.59 Å². The summed E-state index contributed by atoms with van der Waals surface area (Å²) < 4.78 is 1.71. The molecule has 0 fully saturated rings. The van der Waals surface area contributed by atoms with Gasteiger partial charge in [-0.15, -0.1) is 0 Å². The number of hydrogen-bond donors (Lipinski definition) is 2. The Kier molecular flexibility index (Phi) is 4.89. The molecule has 1 aromatic carbocycles. The van der Waals surface area contributed by atoms with E-state index in [9.17, 15) is 9.59 Å². The van der Waals surface area contributed by atoms with Crippen LogP contribution in [0.25, 0.3) is 11.2 Å². The number of hydrogen-bond acceptors (Lipinski definition) is 5. The largest absolute Gasteiger partial charge is 0.325 e. The fourth-order valence-corrected chi connectivity index (χ4v) is 3.17. The number of nitrogens with one attached hydrogen (secondary N) is 2. The van der Waals surface area contributed by atoms with Crippen molar-refractivity contribution >= 4 is 34.5 Å². The third-order valence-electron chi connectivity index (χ3n) is 3.81. The lowest BCUT2D eigenvalue weighted by Gasteiger charge is -2.08. The van der Waals surface area contributed by atoms with Crippen LogP contribution >= 0.6 is 11.8 Å². The number of H-pyrrole nitrogens is 1. The summed E-state index contributed by atoms with van der Waals surface area (Å²) in [7, 11) is 1.77. The van der Waals surface area contributed by atoms with Crippen LogP contribution < -0.4 is 10.9 Å². The Morgan fingerprint density at radius 1 is 1.32 bits per heavy atom. The van der Waals surface area contributed by atoms with Gasteiger partial charge in [0.2, 0.25) is 5.91 Å². The highest BCUT2D eigenvalue weighted by molar-refractivity contribution is 7.99. The van der Waals surface area contributed by atoms with E-state index in [-0.39, 0.29) is 22.7 Å². The first-order chi connectivity index (χ1) is 12.0. The molecule has 0 aliphatic rings. The normalized spacial score (nSPS) is 11.2. The van der Waals surface area contributed by atoms with Crippen molar-refractivity contribution in [3.63, 3.8) is 0 Å². The van der Waals surface area contributed by atoms with Gasteiger partial charge in [0.15, 0.2) is 16.3 Å². The molecule has 0 atom stereocenters. The molecule has 0 saturated heterocycles. The van der Waals surface area contributed by atoms with Gasteiger partial charge in [-0.05, 0) is 23.6 Å². The number of carbonyl (C=O) groups is 1. The second-order valence-corrected chi connectivity index (χ2v) is 6.91. The Morgan fingerprint density at radius 2 is 2.04 bits per heavy atom. The van der Waals surface area contributed by atoms with E-state index in [2.05, 4.69) is 34.1 Å². The number of benzene rings is 1. The van der Waals surface area contributed by atoms with Crippen LogP contribution in [0.3, 0.4) is 0 Å². The quantitative estimate of drug-likeness (QED) is 0.685. The van der Waals surface area contributed by atoms with Gasteiger partial charge in [-0.25, -0.2) is 9.97 Å². The first-order valence-electron chi connectivity index (χ1n) is 7.88. The van der Waals surface area contributed by atoms with Crippen LogP contribution in [0.4, 0.5) is 5.69 Å². The summed E-state index contributed by atoms with van der Waals surface area (Å²) in [6.45, 7) is 4.25. The van der Waals surface area contributed by atoms with Crippen LogP contribution in [0.15, 0.2) is 40.5 Å². The van der Waals surface area contributed by atoms with Crippen molar-refractivity contribution in [2.75, 3.05) is 11.1 Å². The molecule has 0 radical (unpaired) electrons. The SMILES string of the molecule is CC(C)c1ccc(NC(=O)CSc2nc3c(=O)[nH]cnc3n2C)cc1. The molecule has 0 spiro atoms. The molecule has 0 bridgehead atoms. The van der Waals surface area contributed by atoms with E-state index < -0.39 is 0 Å². The van der Waals surface area contributed by atoms with Gasteiger partial charge in [0.1, 0.15) is 0 Å². The van der Waals surface area contributed by atoms with Crippen molar-refractivity contribution < 1.29 is 4.79 Å². The highest BCUT2D eigenvalue weighted by atomic mass is 32.2. The van der Waals surface area contributed by atoms with Crippen LogP contribution in [-0.2, 0) is 11.8 Å². The van der Waals surface area contributed by atoms with E-state index in [4.69, 9.17) is 0 Å². The average Bonchev–Trinajstić information content (AvgIpc) is 2.91. The summed E-state index contributed by atoms with van der Waals surface area (Å²) in [4.78, 5) is 34.8. The Bertz CT molecular complexity index is 959. The Balaban J connectivity index is 1.65. The second kappa shape index (κ2) is 7.10. The zero-order valence-corrected chi connectivity index (χ0v) is 15.1. The predicted octanol–water partition coefficient (Wildman–Crippen LogP) is 2.51. The lowest BCUT2D eigenvalue weighted by molar-refractivity contribution is -0.113. The maximum absolute atomic E-state index is 12.1. The van der Waals surface area contributed by atoms with E-state index >= 15 is 0 Å². The first kappa shape index (κ1) is 17.2. The fraction of sp³-hybridized carbons (Fsp3) is 0.294. The van der Waals surface area contributed by atoms with Crippen molar-refractivity contribution in [1.82, 2.24) is 19.5 Å². The number of anilines is 1. The van der Waals surface area contributed by atoms with Crippen molar-refractivity contribution in [2.45, 2.75) is 24.9 Å². The third kappa shape index (κ3) is 3.74. The number of rotatable bonds is 5. The second-order valence-electron chi connectivity index (χ2n) is 5.97. The van der Waals surface area contributed by atoms with Crippen molar-refractivity contribution in [2.24, 2.45) is 7.05 Å². The third-order valence-corrected chi connectivity index (χ3v) is 4.84. The van der Waals surface area contributed by atoms with Crippen LogP contribution in [0.5, 0.6) is 0 Å². The number of carbonyl (C=O) groups excluding carboxylic acids is 1. The maximum atomic E-state index is 12.1. The number of amides is 1. The van der Waals surface area contributed by atoms with E-state index in [1.807, 2.05) is 24.3 Å². The van der Waals surface area contributed by atoms with Crippen LogP contribution in [0.2, 0.25) is 0 Å². The van der Waals surface area contributed by atoms with E-state index in [1.54, 1.807) is 11.6 Å². The van der Waals surface area contributed by atoms with Gasteiger partial charge in [-0.1, -0.05) is 37.7 Å². The summed E-state index contributed by atoms with van der Waals surface area (Å²) >= 11 is 1.26. The zero-order valence-electron chi connectivity index (χ0n) is 14.2. The van der Waals surface area contributed by atoms with E-state index in [1.165, 1.54) is 23.7 Å². The lowest BCUT2D eigenvalue weighted by Crippen LogP contribution is -2.14. The molecule has 8 heteroatoms. The number of aryl methyl sites for hydroxylation is 1. The number of thioether (sulfide) groups is 1. The van der Waals surface area contributed by atoms with Crippen molar-refractivity contribution in [3.8, 4) is 0 Å². The molecule has 2 N–H and O–H groups in total. The van der Waals surface area contributed by atoms with Crippen molar-refractivity contribution in [3.05, 3.63) is 46.5 Å². The van der Waals surface area contributed by atoms with Gasteiger partial charge < -0.3 is 14.9 Å². The number of aromatic amines is 1. The molecular weight excluding hydrogens is 338 g/mol. The van der Waals surface area contributed by atoms with E-state index in [0.717, 1.165) is 5.69 Å². The summed E-state index contributed by atoms with van der Waals surface area (Å²) in [5.41, 5.74) is 2.47. The number of fused-ring (bicyclic) bond motifs is 1. The molecular formula is C17H19N5O2S. The number of nitrogens with zero attached hydrogens (tertiary/aromatic N) is 3. The topological polar surface area (TPSA) is 92.7 Å². The molecule has 0 unspecified atom stereocenters. The van der Waals surface area contributed by atoms with Crippen LogP contribution in [0.1, 0.15) is 25.3 Å². The zero-order chi connectivity index (χ0) is 18.0. The predicted molar refractivity (Wildman–Crippen MR) is 99.0 cm³/mol. The molecule has 0 aliphatic heterocycles. The molecule has 0 saturated carbocycles. The van der Waals surface area contributed by atoms with Crippen LogP contribution in [-0.4, -0.2) is 31.2 Å². The van der Waals surface area contributed by atoms with Crippen LogP contribution in [0, 0.1) is 0 Å². The Morgan fingerprint density at radius 3 is 2.68 bits per heavy atom. The molecule has 7 nitrogen and oxygen atoms in total. The monoisotopic (exact) mass is 357 g/mol. The smallest absolute Gasteiger partial charge is 0.278 e. The van der Waals surface area contributed by atoms with Gasteiger partial charge in [-0.2, -0.15) is 0 Å². The molecule has 0 aliphatic carbocycles. The van der Waals surface area contributed by atoms with E-state index in [0.29, 0.717) is 16.7 Å². The first-order valence-corrected chi connectivity index (χ1v) is 8.87. The Labute approximate surface area is 148 Å². The summed E-state index contributed by atoms with van der Waals surface area (Å²) in [6, 6.07) is 7.82. The summed E-state index contributed by atoms with van der Waals surface area (Å²) in [5, 5.41) is 3.44. The van der Waals surface area contributed by atoms with Gasteiger partial charge in [0.25, 0.3) is 5.56 Å². The lowest BCUT2D eigenvalue weighted by atomic mass is 10.0. The Hall–Kier alpha value is -2.61. The van der Waals surface area contributed by atoms with Gasteiger partial charge in [0, 0.05) is 12.7 Å². The van der Waals surface area contributed by atoms with Gasteiger partial charge >= 0.3 is 0 Å². The average molecular weight is 357 g/mol. The summed E-state index contributed by atoms with van der Waals surface area (Å²) in [6.07, 6.45) is 1.34. The van der Waals surface area contributed by atoms with Crippen molar-refractivity contribution in [1.29, 1.82) is 0 Å². The molecule has 3 aromatic rings. The minimum absolute atomic E-state index is 0.128. The molecule has 2 aromatic heterocycles. The molecule has 2 heterocycles. The minimum atomic E-state index is -0.290. The standard InChI is InChI=1S/C17H19N5O2S/c1-10(2)11-4-6-12(7-5-11)20-13(23)8-25-17-21-14-15(22(17)3)18-9-19-16(14)24/h4-7,9-10H,8H2,1-3H3,(H,20,23)(H,18,19,24).